The fourth-order valence-corrected chi connectivity index (χ4v) is 1.09. The number of halogens is 4. The molecule has 0 spiro atoms. The first-order chi connectivity index (χ1) is 6.45. The van der Waals surface area contributed by atoms with Crippen LogP contribution in [0.1, 0.15) is 12.0 Å². The lowest BCUT2D eigenvalue weighted by Gasteiger charge is -2.15. The molecule has 0 saturated carbocycles. The molecular weight excluding hydrogens is 198 g/mol. The first-order valence-electron chi connectivity index (χ1n) is 4.00. The third-order valence-corrected chi connectivity index (χ3v) is 1.74. The Labute approximate surface area is 78.5 Å². The van der Waals surface area contributed by atoms with Gasteiger partial charge in [0.15, 0.2) is 0 Å². The van der Waals surface area contributed by atoms with E-state index in [9.17, 15) is 17.6 Å². The molecule has 78 valence electrons. The van der Waals surface area contributed by atoms with Gasteiger partial charge in [0.1, 0.15) is 11.6 Å². The van der Waals surface area contributed by atoms with Crippen LogP contribution in [0.2, 0.25) is 0 Å². The Balaban J connectivity index is 3.05. The van der Waals surface area contributed by atoms with Crippen LogP contribution in [0.5, 0.6) is 0 Å². The quantitative estimate of drug-likeness (QED) is 0.757. The zero-order valence-electron chi connectivity index (χ0n) is 7.24. The van der Waals surface area contributed by atoms with Crippen LogP contribution in [0.4, 0.5) is 17.6 Å². The zero-order valence-corrected chi connectivity index (χ0v) is 7.24. The molecule has 0 aliphatic rings. The van der Waals surface area contributed by atoms with Crippen molar-refractivity contribution in [3.8, 4) is 0 Å². The maximum absolute atomic E-state index is 13.1. The molecule has 1 aromatic carbocycles. The fourth-order valence-electron chi connectivity index (χ4n) is 1.09. The highest BCUT2D eigenvalue weighted by atomic mass is 19.3. The number of alkyl halides is 2. The third-order valence-electron chi connectivity index (χ3n) is 1.74. The second-order valence-electron chi connectivity index (χ2n) is 2.90. The van der Waals surface area contributed by atoms with Crippen LogP contribution in [-0.2, 0) is 5.92 Å². The van der Waals surface area contributed by atoms with Crippen molar-refractivity contribution in [1.82, 2.24) is 0 Å². The predicted molar refractivity (Wildman–Crippen MR) is 43.9 cm³/mol. The number of hydrogen-bond acceptors (Lipinski definition) is 1. The van der Waals surface area contributed by atoms with Crippen molar-refractivity contribution in [1.29, 1.82) is 0 Å². The van der Waals surface area contributed by atoms with E-state index < -0.39 is 29.5 Å². The first kappa shape index (κ1) is 11.0. The Morgan fingerprint density at radius 3 is 2.00 bits per heavy atom. The van der Waals surface area contributed by atoms with E-state index in [4.69, 9.17) is 5.73 Å². The molecule has 0 aliphatic heterocycles. The predicted octanol–water partition coefficient (Wildman–Crippen LogP) is 2.41. The maximum atomic E-state index is 13.1. The molecule has 0 amide bonds. The van der Waals surface area contributed by atoms with Crippen molar-refractivity contribution in [2.24, 2.45) is 5.73 Å². The summed E-state index contributed by atoms with van der Waals surface area (Å²) in [6.07, 6.45) is -0.629. The van der Waals surface area contributed by atoms with Gasteiger partial charge in [0.25, 0.3) is 5.92 Å². The second kappa shape index (κ2) is 3.96. The molecule has 14 heavy (non-hydrogen) atoms. The van der Waals surface area contributed by atoms with Crippen molar-refractivity contribution < 1.29 is 17.6 Å². The van der Waals surface area contributed by atoms with Crippen molar-refractivity contribution in [2.75, 3.05) is 6.54 Å². The number of hydrogen-bond donors (Lipinski definition) is 1. The molecule has 0 bridgehead atoms. The number of rotatable bonds is 3. The second-order valence-corrected chi connectivity index (χ2v) is 2.90. The third kappa shape index (κ3) is 2.45. The summed E-state index contributed by atoms with van der Waals surface area (Å²) in [5.41, 5.74) is 4.28. The molecule has 1 nitrogen and oxygen atoms in total. The monoisotopic (exact) mass is 207 g/mol. The van der Waals surface area contributed by atoms with Gasteiger partial charge in [-0.1, -0.05) is 0 Å². The van der Waals surface area contributed by atoms with E-state index >= 15 is 0 Å². The molecule has 0 heterocycles. The van der Waals surface area contributed by atoms with E-state index in [1.165, 1.54) is 0 Å². The number of nitrogens with two attached hydrogens (primary N) is 1. The maximum Gasteiger partial charge on any atom is 0.274 e. The van der Waals surface area contributed by atoms with Crippen molar-refractivity contribution in [2.45, 2.75) is 12.3 Å². The van der Waals surface area contributed by atoms with Crippen LogP contribution in [0.3, 0.4) is 0 Å². The lowest BCUT2D eigenvalue weighted by Crippen LogP contribution is -2.19. The minimum absolute atomic E-state index is 0.245. The van der Waals surface area contributed by atoms with Crippen molar-refractivity contribution in [3.05, 3.63) is 35.4 Å². The van der Waals surface area contributed by atoms with Gasteiger partial charge >= 0.3 is 0 Å². The highest BCUT2D eigenvalue weighted by Crippen LogP contribution is 2.31. The summed E-state index contributed by atoms with van der Waals surface area (Å²) in [7, 11) is 0. The van der Waals surface area contributed by atoms with E-state index in [-0.39, 0.29) is 6.54 Å². The Bertz CT molecular complexity index is 304. The topological polar surface area (TPSA) is 26.0 Å². The molecule has 1 aromatic rings. The van der Waals surface area contributed by atoms with Crippen LogP contribution in [-0.4, -0.2) is 6.54 Å². The number of benzene rings is 1. The summed E-state index contributed by atoms with van der Waals surface area (Å²) < 4.78 is 51.4. The Kier molecular flexibility index (Phi) is 3.10. The average molecular weight is 207 g/mol. The minimum atomic E-state index is -3.28. The lowest BCUT2D eigenvalue weighted by atomic mass is 10.1. The van der Waals surface area contributed by atoms with Crippen LogP contribution >= 0.6 is 0 Å². The molecular formula is C9H9F4N. The Hall–Kier alpha value is -1.10. The fraction of sp³-hybridized carbons (Fsp3) is 0.333. The van der Waals surface area contributed by atoms with Gasteiger partial charge in [-0.3, -0.25) is 0 Å². The van der Waals surface area contributed by atoms with E-state index in [1.807, 2.05) is 0 Å². The van der Waals surface area contributed by atoms with Crippen LogP contribution in [0.15, 0.2) is 18.2 Å². The first-order valence-corrected chi connectivity index (χ1v) is 4.00. The van der Waals surface area contributed by atoms with E-state index in [0.717, 1.165) is 0 Å². The summed E-state index contributed by atoms with van der Waals surface area (Å²) in [6.45, 7) is -0.245. The molecule has 1 rings (SSSR count). The normalized spacial score (nSPS) is 11.8. The largest absolute Gasteiger partial charge is 0.330 e. The molecule has 0 fully saturated rings. The molecule has 0 aromatic heterocycles. The molecule has 2 N–H and O–H groups in total. The van der Waals surface area contributed by atoms with Crippen molar-refractivity contribution >= 4 is 0 Å². The summed E-state index contributed by atoms with van der Waals surface area (Å²) >= 11 is 0. The van der Waals surface area contributed by atoms with Gasteiger partial charge in [0.2, 0.25) is 0 Å². The zero-order chi connectivity index (χ0) is 10.8. The molecule has 0 unspecified atom stereocenters. The van der Waals surface area contributed by atoms with E-state index in [1.54, 1.807) is 0 Å². The SMILES string of the molecule is NCCC(F)(F)c1cc(F)cc(F)c1. The summed E-state index contributed by atoms with van der Waals surface area (Å²) in [5, 5.41) is 0. The van der Waals surface area contributed by atoms with Gasteiger partial charge < -0.3 is 5.73 Å². The van der Waals surface area contributed by atoms with Crippen LogP contribution in [0, 0.1) is 11.6 Å². The Morgan fingerprint density at radius 2 is 1.57 bits per heavy atom. The highest BCUT2D eigenvalue weighted by molar-refractivity contribution is 5.22. The smallest absolute Gasteiger partial charge is 0.274 e. The van der Waals surface area contributed by atoms with Crippen LogP contribution in [0.25, 0.3) is 0 Å². The molecule has 0 atom stereocenters. The standard InChI is InChI=1S/C9H9F4N/c10-7-3-6(4-8(11)5-7)9(12,13)1-2-14/h3-5H,1-2,14H2. The van der Waals surface area contributed by atoms with Gasteiger partial charge in [0, 0.05) is 18.1 Å². The van der Waals surface area contributed by atoms with Crippen LogP contribution < -0.4 is 5.73 Å². The van der Waals surface area contributed by atoms with Crippen molar-refractivity contribution in [3.63, 3.8) is 0 Å². The van der Waals surface area contributed by atoms with E-state index in [0.29, 0.717) is 18.2 Å². The molecule has 0 aliphatic carbocycles. The summed E-state index contributed by atoms with van der Waals surface area (Å²) in [5.74, 6) is -5.31. The van der Waals surface area contributed by atoms with E-state index in [2.05, 4.69) is 0 Å². The average Bonchev–Trinajstić information content (AvgIpc) is 2.02. The lowest BCUT2D eigenvalue weighted by molar-refractivity contribution is -0.0113. The molecule has 5 heteroatoms. The molecule has 0 radical (unpaired) electrons. The summed E-state index contributed by atoms with van der Waals surface area (Å²) in [4.78, 5) is 0. The summed E-state index contributed by atoms with van der Waals surface area (Å²) in [6, 6.07) is 1.76. The van der Waals surface area contributed by atoms with Gasteiger partial charge in [-0.05, 0) is 18.7 Å². The van der Waals surface area contributed by atoms with Gasteiger partial charge in [0.05, 0.1) is 0 Å². The minimum Gasteiger partial charge on any atom is -0.330 e. The van der Waals surface area contributed by atoms with Gasteiger partial charge in [-0.2, -0.15) is 0 Å². The van der Waals surface area contributed by atoms with Gasteiger partial charge in [-0.15, -0.1) is 0 Å². The molecule has 0 saturated heterocycles. The Morgan fingerprint density at radius 1 is 1.07 bits per heavy atom. The van der Waals surface area contributed by atoms with Gasteiger partial charge in [-0.25, -0.2) is 17.6 Å². The highest BCUT2D eigenvalue weighted by Gasteiger charge is 2.31.